The van der Waals surface area contributed by atoms with Crippen molar-refractivity contribution in [2.24, 2.45) is 17.8 Å². The molecular weight excluding hydrogens is 324 g/mol. The van der Waals surface area contributed by atoms with Gasteiger partial charge in [-0.05, 0) is 81.4 Å². The van der Waals surface area contributed by atoms with Crippen molar-refractivity contribution in [2.45, 2.75) is 62.4 Å². The summed E-state index contributed by atoms with van der Waals surface area (Å²) in [5.41, 5.74) is 1.82. The second-order valence-electron chi connectivity index (χ2n) is 9.54. The number of anilines is 1. The van der Waals surface area contributed by atoms with Gasteiger partial charge in [0, 0.05) is 17.6 Å². The maximum absolute atomic E-state index is 12.8. The minimum atomic E-state index is -0.478. The van der Waals surface area contributed by atoms with E-state index in [2.05, 4.69) is 28.8 Å². The molecule has 6 rings (SSSR count). The van der Waals surface area contributed by atoms with Crippen LogP contribution in [0, 0.1) is 17.8 Å². The number of hydrogen-bond acceptors (Lipinski definition) is 3. The van der Waals surface area contributed by atoms with Crippen LogP contribution >= 0.6 is 0 Å². The molecule has 26 heavy (non-hydrogen) atoms. The Morgan fingerprint density at radius 2 is 1.92 bits per heavy atom. The van der Waals surface area contributed by atoms with E-state index in [1.807, 2.05) is 6.07 Å². The highest BCUT2D eigenvalue weighted by Gasteiger charge is 2.58. The van der Waals surface area contributed by atoms with Crippen LogP contribution in [0.4, 0.5) is 5.69 Å². The third-order valence-corrected chi connectivity index (χ3v) is 7.45. The number of benzene rings is 1. The highest BCUT2D eigenvalue weighted by Crippen LogP contribution is 2.63. The molecule has 3 atom stereocenters. The molecule has 1 aromatic carbocycles. The lowest BCUT2D eigenvalue weighted by Crippen LogP contribution is -2.57. The Kier molecular flexibility index (Phi) is 3.91. The van der Waals surface area contributed by atoms with Gasteiger partial charge in [-0.15, -0.1) is 0 Å². The number of amides is 1. The molecule has 1 amide bonds. The second kappa shape index (κ2) is 6.07. The molecule has 0 radical (unpaired) electrons. The average Bonchev–Trinajstić information content (AvgIpc) is 2.61. The maximum atomic E-state index is 12.8. The summed E-state index contributed by atoms with van der Waals surface area (Å²) in [5.74, 6) is 1.51. The van der Waals surface area contributed by atoms with Crippen LogP contribution in [0.15, 0.2) is 24.3 Å². The number of carbonyl (C=O) groups excluding carboxylic acids is 1. The van der Waals surface area contributed by atoms with Gasteiger partial charge in [0.15, 0.2) is 0 Å². The van der Waals surface area contributed by atoms with E-state index in [-0.39, 0.29) is 17.2 Å². The zero-order chi connectivity index (χ0) is 17.8. The number of piperidine rings is 1. The van der Waals surface area contributed by atoms with Crippen LogP contribution in [-0.2, 0) is 10.2 Å². The number of hydrogen-bond donors (Lipinski definition) is 3. The monoisotopic (exact) mass is 354 g/mol. The van der Waals surface area contributed by atoms with E-state index in [1.165, 1.54) is 24.8 Å². The van der Waals surface area contributed by atoms with Gasteiger partial charge in [0.2, 0.25) is 5.91 Å². The standard InChI is InChI=1S/C22H30N2O2/c25-20(17-4-3-7-23-13-17)24-19-6-2-1-5-18(19)21-9-15-8-16(10-21)12-22(26,11-15)14-21/h1-2,5-6,15-17,23,26H,3-4,7-14H2,(H,24,25)/t15?,16?,17-,21?,22?/m0/s1. The average molecular weight is 354 g/mol. The zero-order valence-electron chi connectivity index (χ0n) is 15.5. The van der Waals surface area contributed by atoms with E-state index in [0.717, 1.165) is 50.9 Å². The van der Waals surface area contributed by atoms with Crippen molar-refractivity contribution in [1.82, 2.24) is 5.32 Å². The Morgan fingerprint density at radius 1 is 1.15 bits per heavy atom. The second-order valence-corrected chi connectivity index (χ2v) is 9.54. The molecule has 4 saturated carbocycles. The number of aliphatic hydroxyl groups is 1. The molecule has 1 aliphatic heterocycles. The molecule has 4 nitrogen and oxygen atoms in total. The normalized spacial score (nSPS) is 41.2. The number of carbonyl (C=O) groups is 1. The van der Waals surface area contributed by atoms with Crippen LogP contribution in [0.5, 0.6) is 0 Å². The first-order valence-corrected chi connectivity index (χ1v) is 10.4. The van der Waals surface area contributed by atoms with Crippen LogP contribution in [-0.4, -0.2) is 29.7 Å². The van der Waals surface area contributed by atoms with Gasteiger partial charge in [-0.3, -0.25) is 4.79 Å². The molecule has 5 aliphatic rings. The van der Waals surface area contributed by atoms with E-state index in [9.17, 15) is 9.90 Å². The molecule has 4 bridgehead atoms. The fraction of sp³-hybridized carbons (Fsp3) is 0.682. The van der Waals surface area contributed by atoms with Gasteiger partial charge in [0.1, 0.15) is 0 Å². The van der Waals surface area contributed by atoms with Gasteiger partial charge in [0.05, 0.1) is 11.5 Å². The summed E-state index contributed by atoms with van der Waals surface area (Å²) in [4.78, 5) is 12.8. The quantitative estimate of drug-likeness (QED) is 0.781. The van der Waals surface area contributed by atoms with E-state index in [1.54, 1.807) is 0 Å². The van der Waals surface area contributed by atoms with Crippen molar-refractivity contribution < 1.29 is 9.90 Å². The lowest BCUT2D eigenvalue weighted by atomic mass is 9.46. The molecular formula is C22H30N2O2. The molecule has 1 aromatic rings. The number of para-hydroxylation sites is 1. The highest BCUT2D eigenvalue weighted by atomic mass is 16.3. The summed E-state index contributed by atoms with van der Waals surface area (Å²) in [6.45, 7) is 1.80. The Labute approximate surface area is 155 Å². The van der Waals surface area contributed by atoms with Gasteiger partial charge in [-0.25, -0.2) is 0 Å². The topological polar surface area (TPSA) is 61.4 Å². The molecule has 140 valence electrons. The summed E-state index contributed by atoms with van der Waals surface area (Å²) in [5, 5.41) is 17.7. The third kappa shape index (κ3) is 2.78. The van der Waals surface area contributed by atoms with Gasteiger partial charge in [0.25, 0.3) is 0 Å². The number of nitrogens with one attached hydrogen (secondary N) is 2. The van der Waals surface area contributed by atoms with Crippen molar-refractivity contribution in [1.29, 1.82) is 0 Å². The van der Waals surface area contributed by atoms with Crippen molar-refractivity contribution in [3.8, 4) is 0 Å². The van der Waals surface area contributed by atoms with Gasteiger partial charge in [-0.1, -0.05) is 18.2 Å². The van der Waals surface area contributed by atoms with E-state index in [0.29, 0.717) is 11.8 Å². The highest BCUT2D eigenvalue weighted by molar-refractivity contribution is 5.93. The molecule has 0 aromatic heterocycles. The Morgan fingerprint density at radius 3 is 2.62 bits per heavy atom. The Balaban J connectivity index is 1.44. The SMILES string of the molecule is O=C(Nc1ccccc1C12CC3CC(CC(O)(C3)C1)C2)[C@H]1CCCNC1. The van der Waals surface area contributed by atoms with E-state index in [4.69, 9.17) is 0 Å². The molecule has 4 aliphatic carbocycles. The van der Waals surface area contributed by atoms with Gasteiger partial charge >= 0.3 is 0 Å². The molecule has 2 unspecified atom stereocenters. The predicted molar refractivity (Wildman–Crippen MR) is 102 cm³/mol. The molecule has 0 spiro atoms. The molecule has 3 N–H and O–H groups in total. The predicted octanol–water partition coefficient (Wildman–Crippen LogP) is 3.21. The summed E-state index contributed by atoms with van der Waals surface area (Å²) < 4.78 is 0. The lowest BCUT2D eigenvalue weighted by molar-refractivity contribution is -0.136. The third-order valence-electron chi connectivity index (χ3n) is 7.45. The van der Waals surface area contributed by atoms with Crippen molar-refractivity contribution in [3.63, 3.8) is 0 Å². The van der Waals surface area contributed by atoms with Crippen molar-refractivity contribution in [2.75, 3.05) is 18.4 Å². The first-order valence-electron chi connectivity index (χ1n) is 10.4. The van der Waals surface area contributed by atoms with Crippen LogP contribution in [0.1, 0.15) is 56.9 Å². The van der Waals surface area contributed by atoms with Crippen molar-refractivity contribution >= 4 is 11.6 Å². The minimum Gasteiger partial charge on any atom is -0.390 e. The van der Waals surface area contributed by atoms with Crippen LogP contribution in [0.25, 0.3) is 0 Å². The summed E-state index contributed by atoms with van der Waals surface area (Å²) in [6, 6.07) is 8.38. The van der Waals surface area contributed by atoms with E-state index >= 15 is 0 Å². The summed E-state index contributed by atoms with van der Waals surface area (Å²) in [7, 11) is 0. The molecule has 5 fully saturated rings. The molecule has 1 saturated heterocycles. The zero-order valence-corrected chi connectivity index (χ0v) is 15.5. The minimum absolute atomic E-state index is 0.0491. The first kappa shape index (κ1) is 16.8. The fourth-order valence-electron chi connectivity index (χ4n) is 6.89. The van der Waals surface area contributed by atoms with Gasteiger partial charge in [-0.2, -0.15) is 0 Å². The summed E-state index contributed by atoms with van der Waals surface area (Å²) in [6.07, 6.45) is 8.49. The molecule has 1 heterocycles. The fourth-order valence-corrected chi connectivity index (χ4v) is 6.89. The van der Waals surface area contributed by atoms with Crippen LogP contribution in [0.2, 0.25) is 0 Å². The van der Waals surface area contributed by atoms with Crippen molar-refractivity contribution in [3.05, 3.63) is 29.8 Å². The Bertz CT molecular complexity index is 696. The smallest absolute Gasteiger partial charge is 0.228 e. The largest absolute Gasteiger partial charge is 0.390 e. The lowest BCUT2D eigenvalue weighted by Gasteiger charge is -2.60. The Hall–Kier alpha value is -1.39. The molecule has 4 heteroatoms. The summed E-state index contributed by atoms with van der Waals surface area (Å²) >= 11 is 0. The van der Waals surface area contributed by atoms with E-state index < -0.39 is 5.60 Å². The van der Waals surface area contributed by atoms with Gasteiger partial charge < -0.3 is 15.7 Å². The maximum Gasteiger partial charge on any atom is 0.228 e. The number of rotatable bonds is 3. The van der Waals surface area contributed by atoms with Crippen LogP contribution < -0.4 is 10.6 Å². The van der Waals surface area contributed by atoms with Crippen LogP contribution in [0.3, 0.4) is 0 Å². The first-order chi connectivity index (χ1) is 12.6.